The fourth-order valence-corrected chi connectivity index (χ4v) is 13.0. The van der Waals surface area contributed by atoms with E-state index in [0.717, 1.165) is 30.6 Å². The number of amides is 3. The van der Waals surface area contributed by atoms with Crippen LogP contribution in [0.15, 0.2) is 84.9 Å². The predicted molar refractivity (Wildman–Crippen MR) is 252 cm³/mol. The molecule has 1 unspecified atom stereocenters. The Morgan fingerprint density at radius 3 is 2.34 bits per heavy atom. The van der Waals surface area contributed by atoms with Crippen molar-refractivity contribution in [3.63, 3.8) is 0 Å². The van der Waals surface area contributed by atoms with Crippen molar-refractivity contribution in [2.75, 3.05) is 26.7 Å². The first-order chi connectivity index (χ1) is 32.0. The SMILES string of the molecule is CC(C)COC(=O)[C@H](C)NP(=O)(Oc1ccccc1)[C@@H](F)c1ccc2sc(C(=O)N[C@H]3CC[C@H](N(C)CCC(F)F)C[C@H]4CC[C@@H](C(=O)N5C[C@H](c6ccccc6)CC56CC6)N4C3=O)cc2c1. The molecule has 3 aliphatic heterocycles. The molecule has 8 atom stereocenters. The number of hydrogen-bond donors (Lipinski definition) is 2. The van der Waals surface area contributed by atoms with Crippen LogP contribution in [0, 0.1) is 5.92 Å². The van der Waals surface area contributed by atoms with Gasteiger partial charge in [-0.05, 0) is 118 Å². The number of rotatable bonds is 17. The first kappa shape index (κ1) is 48.7. The molecule has 3 saturated heterocycles. The van der Waals surface area contributed by atoms with E-state index in [2.05, 4.69) is 22.5 Å². The summed E-state index contributed by atoms with van der Waals surface area (Å²) in [6, 6.07) is 21.0. The van der Waals surface area contributed by atoms with Gasteiger partial charge in [0.1, 0.15) is 23.9 Å². The molecule has 3 amide bonds. The summed E-state index contributed by atoms with van der Waals surface area (Å²) in [7, 11) is -2.70. The number of nitrogens with one attached hydrogen (secondary N) is 2. The summed E-state index contributed by atoms with van der Waals surface area (Å²) in [6.45, 7) is 6.04. The Morgan fingerprint density at radius 1 is 0.940 bits per heavy atom. The molecule has 4 aliphatic rings. The van der Waals surface area contributed by atoms with Crippen LogP contribution in [0.3, 0.4) is 0 Å². The average molecular weight is 964 g/mol. The van der Waals surface area contributed by atoms with Crippen LogP contribution in [0.1, 0.15) is 111 Å². The molecule has 17 heteroatoms. The summed E-state index contributed by atoms with van der Waals surface area (Å²) in [5.74, 6) is -3.51. The minimum absolute atomic E-state index is 0.0131. The minimum atomic E-state index is -4.52. The molecule has 3 aromatic carbocycles. The van der Waals surface area contributed by atoms with E-state index in [-0.39, 0.29) is 83.5 Å². The summed E-state index contributed by atoms with van der Waals surface area (Å²) in [4.78, 5) is 62.5. The van der Waals surface area contributed by atoms with Crippen molar-refractivity contribution in [2.24, 2.45) is 5.92 Å². The molecule has 8 rings (SSSR count). The number of carbonyl (C=O) groups is 4. The van der Waals surface area contributed by atoms with Gasteiger partial charge in [-0.25, -0.2) is 18.3 Å². The van der Waals surface area contributed by atoms with E-state index >= 15 is 4.39 Å². The maximum atomic E-state index is 16.7. The number of para-hydroxylation sites is 1. The Balaban J connectivity index is 1.02. The van der Waals surface area contributed by atoms with Crippen molar-refractivity contribution in [1.29, 1.82) is 0 Å². The van der Waals surface area contributed by atoms with E-state index < -0.39 is 49.9 Å². The lowest BCUT2D eigenvalue weighted by Gasteiger charge is -2.41. The van der Waals surface area contributed by atoms with Gasteiger partial charge in [-0.15, -0.1) is 11.3 Å². The number of ether oxygens (including phenoxy) is 1. The second-order valence-electron chi connectivity index (χ2n) is 19.3. The molecule has 4 heterocycles. The number of thiophene rings is 1. The second kappa shape index (κ2) is 20.5. The number of nitrogens with zero attached hydrogens (tertiary/aromatic N) is 3. The van der Waals surface area contributed by atoms with Crippen molar-refractivity contribution in [3.8, 4) is 5.75 Å². The summed E-state index contributed by atoms with van der Waals surface area (Å²) in [5.41, 5.74) is 0.953. The van der Waals surface area contributed by atoms with Crippen LogP contribution in [0.4, 0.5) is 13.2 Å². The Hall–Kier alpha value is -4.76. The molecule has 2 N–H and O–H groups in total. The molecular formula is C50H61F3N5O7PS. The average Bonchev–Trinajstić information content (AvgIpc) is 3.59. The summed E-state index contributed by atoms with van der Waals surface area (Å²) in [5, 5.41) is 6.07. The molecule has 1 aliphatic carbocycles. The van der Waals surface area contributed by atoms with Gasteiger partial charge in [0.15, 0.2) is 0 Å². The molecule has 0 radical (unpaired) electrons. The van der Waals surface area contributed by atoms with E-state index in [0.29, 0.717) is 42.3 Å². The number of alkyl halides is 3. The number of halogens is 3. The fraction of sp³-hybridized carbons (Fsp3) is 0.520. The maximum absolute atomic E-state index is 16.7. The fourth-order valence-electron chi connectivity index (χ4n) is 10.1. The highest BCUT2D eigenvalue weighted by molar-refractivity contribution is 7.57. The van der Waals surface area contributed by atoms with Crippen LogP contribution < -0.4 is 14.9 Å². The molecule has 1 saturated carbocycles. The van der Waals surface area contributed by atoms with Crippen LogP contribution >= 0.6 is 18.9 Å². The molecule has 360 valence electrons. The molecule has 4 aromatic rings. The molecule has 67 heavy (non-hydrogen) atoms. The van der Waals surface area contributed by atoms with Gasteiger partial charge >= 0.3 is 13.5 Å². The predicted octanol–water partition coefficient (Wildman–Crippen LogP) is 9.46. The number of hydrogen-bond acceptors (Lipinski definition) is 9. The summed E-state index contributed by atoms with van der Waals surface area (Å²) >= 11 is 1.14. The standard InChI is InChI=1S/C50H61F3N5O7PS/c1-31(2)30-64-49(62)32(3)55-66(63,65-39-13-9-6-10-14-39)45(53)34-15-20-42-35(25-34)26-43(67-42)46(59)54-40-18-16-37(56(4)24-21-44(51)52)27-38-17-19-41(58(38)47(40)60)48(61)57-29-36(28-50(57)22-23-50)33-11-7-5-8-12-33/h5-15,20,25-26,31-32,36-38,40-41,44-45H,16-19,21-24,27-30H2,1-4H3,(H,54,59)(H,55,63)/t32-,36+,37-,38+,40-,41-,45+,66?/m0/s1. The molecule has 1 aromatic heterocycles. The van der Waals surface area contributed by atoms with Crippen LogP contribution in [0.2, 0.25) is 0 Å². The van der Waals surface area contributed by atoms with Crippen molar-refractivity contribution in [1.82, 2.24) is 25.1 Å². The van der Waals surface area contributed by atoms with Crippen molar-refractivity contribution < 1.29 is 46.2 Å². The van der Waals surface area contributed by atoms with Gasteiger partial charge in [-0.1, -0.05) is 68.4 Å². The van der Waals surface area contributed by atoms with Crippen LogP contribution in [0.5, 0.6) is 5.75 Å². The van der Waals surface area contributed by atoms with Gasteiger partial charge in [0, 0.05) is 47.8 Å². The van der Waals surface area contributed by atoms with E-state index in [1.807, 2.05) is 48.9 Å². The molecule has 0 bridgehead atoms. The zero-order valence-corrected chi connectivity index (χ0v) is 40.2. The van der Waals surface area contributed by atoms with Crippen molar-refractivity contribution in [3.05, 3.63) is 101 Å². The normalized spacial score (nSPS) is 24.3. The molecule has 12 nitrogen and oxygen atoms in total. The van der Waals surface area contributed by atoms with E-state index in [1.54, 1.807) is 35.2 Å². The van der Waals surface area contributed by atoms with Gasteiger partial charge in [0.25, 0.3) is 5.91 Å². The summed E-state index contributed by atoms with van der Waals surface area (Å²) < 4.78 is 69.8. The van der Waals surface area contributed by atoms with Gasteiger partial charge < -0.3 is 29.3 Å². The van der Waals surface area contributed by atoms with E-state index in [9.17, 15) is 32.5 Å². The van der Waals surface area contributed by atoms with Gasteiger partial charge in [0.2, 0.25) is 24.2 Å². The Morgan fingerprint density at radius 2 is 1.66 bits per heavy atom. The van der Waals surface area contributed by atoms with Crippen LogP contribution in [0.25, 0.3) is 10.1 Å². The Labute approximate surface area is 394 Å². The van der Waals surface area contributed by atoms with E-state index in [1.165, 1.54) is 36.8 Å². The smallest absolute Gasteiger partial charge is 0.355 e. The molecule has 1 spiro atoms. The Kier molecular flexibility index (Phi) is 14.9. The van der Waals surface area contributed by atoms with Crippen LogP contribution in [-0.4, -0.2) is 107 Å². The third kappa shape index (κ3) is 10.9. The molecular weight excluding hydrogens is 903 g/mol. The lowest BCUT2D eigenvalue weighted by atomic mass is 9.93. The summed E-state index contributed by atoms with van der Waals surface area (Å²) in [6.07, 6.45) is 2.22. The number of esters is 1. The molecule has 4 fully saturated rings. The zero-order chi connectivity index (χ0) is 47.6. The quantitative estimate of drug-likeness (QED) is 0.0784. The Bertz CT molecular complexity index is 2460. The van der Waals surface area contributed by atoms with Crippen LogP contribution in [-0.2, 0) is 23.7 Å². The first-order valence-corrected chi connectivity index (χ1v) is 26.0. The third-order valence-corrected chi connectivity index (χ3v) is 17.1. The minimum Gasteiger partial charge on any atom is -0.464 e. The highest BCUT2D eigenvalue weighted by Crippen LogP contribution is 2.58. The zero-order valence-electron chi connectivity index (χ0n) is 38.5. The maximum Gasteiger partial charge on any atom is 0.355 e. The van der Waals surface area contributed by atoms with Gasteiger partial charge in [-0.3, -0.25) is 23.7 Å². The highest BCUT2D eigenvalue weighted by Gasteiger charge is 2.58. The first-order valence-electron chi connectivity index (χ1n) is 23.5. The van der Waals surface area contributed by atoms with Crippen molar-refractivity contribution in [2.45, 2.75) is 133 Å². The monoisotopic (exact) mass is 963 g/mol. The lowest BCUT2D eigenvalue weighted by Crippen LogP contribution is -2.59. The van der Waals surface area contributed by atoms with Gasteiger partial charge in [0.05, 0.1) is 11.5 Å². The van der Waals surface area contributed by atoms with Crippen molar-refractivity contribution >= 4 is 52.6 Å². The number of benzene rings is 3. The lowest BCUT2D eigenvalue weighted by molar-refractivity contribution is -0.148. The number of fused-ring (bicyclic) bond motifs is 2. The topological polar surface area (TPSA) is 138 Å². The highest BCUT2D eigenvalue weighted by atomic mass is 32.1. The second-order valence-corrected chi connectivity index (χ2v) is 22.4. The van der Waals surface area contributed by atoms with E-state index in [4.69, 9.17) is 9.26 Å². The number of likely N-dealkylation sites (tertiary alicyclic amines) is 1. The number of carbonyl (C=O) groups excluding carboxylic acids is 4. The third-order valence-electron chi connectivity index (χ3n) is 13.9. The van der Waals surface area contributed by atoms with Gasteiger partial charge in [-0.2, -0.15) is 0 Å². The largest absolute Gasteiger partial charge is 0.464 e.